The molecule has 3 heteroatoms. The van der Waals surface area contributed by atoms with E-state index in [1.807, 2.05) is 7.05 Å². The van der Waals surface area contributed by atoms with Crippen LogP contribution in [0.25, 0.3) is 0 Å². The van der Waals surface area contributed by atoms with Crippen molar-refractivity contribution in [3.05, 3.63) is 130 Å². The van der Waals surface area contributed by atoms with E-state index in [0.29, 0.717) is 15.2 Å². The molecule has 4 aromatic carbocycles. The molecule has 0 fully saturated rings. The van der Waals surface area contributed by atoms with E-state index >= 15 is 0 Å². The number of aryl methyl sites for hydroxylation is 1. The van der Waals surface area contributed by atoms with Gasteiger partial charge in [-0.3, -0.25) is 0 Å². The molecule has 1 atom stereocenters. The first-order valence-electron chi connectivity index (χ1n) is 13.4. The maximum absolute atomic E-state index is 6.77. The minimum atomic E-state index is 0.00727. The minimum absolute atomic E-state index is 0.00727. The Morgan fingerprint density at radius 3 is 2.00 bits per heavy atom. The van der Waals surface area contributed by atoms with Crippen LogP contribution in [0.1, 0.15) is 60.1 Å². The van der Waals surface area contributed by atoms with Crippen molar-refractivity contribution >= 4 is 13.9 Å². The Morgan fingerprint density at radius 1 is 0.730 bits per heavy atom. The molecule has 0 aliphatic carbocycles. The van der Waals surface area contributed by atoms with Gasteiger partial charge in [0.05, 0.1) is 0 Å². The number of para-hydroxylation sites is 1. The van der Waals surface area contributed by atoms with Gasteiger partial charge in [-0.2, -0.15) is 0 Å². The zero-order valence-electron chi connectivity index (χ0n) is 22.7. The molecule has 4 rings (SSSR count). The maximum Gasteiger partial charge on any atom is 0.127 e. The average Bonchev–Trinajstić information content (AvgIpc) is 2.94. The molecule has 0 aliphatic rings. The van der Waals surface area contributed by atoms with E-state index < -0.39 is 0 Å². The number of hydrogen-bond donors (Lipinski definition) is 1. The zero-order chi connectivity index (χ0) is 26.1. The minimum Gasteiger partial charge on any atom is -0.488 e. The summed E-state index contributed by atoms with van der Waals surface area (Å²) >= 11 is 0. The average molecular weight is 510 g/mol. The van der Waals surface area contributed by atoms with Gasteiger partial charge in [-0.1, -0.05) is 119 Å². The van der Waals surface area contributed by atoms with E-state index in [0.717, 1.165) is 31.6 Å². The second kappa shape index (κ2) is 13.0. The van der Waals surface area contributed by atoms with E-state index in [9.17, 15) is 0 Å². The molecule has 1 N–H and O–H groups in total. The van der Waals surface area contributed by atoms with Crippen LogP contribution in [0.15, 0.2) is 97.1 Å². The van der Waals surface area contributed by atoms with Crippen LogP contribution in [0.2, 0.25) is 0 Å². The number of ether oxygens (including phenoxy) is 1. The Bertz CT molecular complexity index is 1270. The first kappa shape index (κ1) is 27.1. The van der Waals surface area contributed by atoms with E-state index in [4.69, 9.17) is 4.74 Å². The van der Waals surface area contributed by atoms with Crippen molar-refractivity contribution in [3.63, 3.8) is 0 Å². The van der Waals surface area contributed by atoms with Crippen molar-refractivity contribution in [3.8, 4) is 5.75 Å². The summed E-state index contributed by atoms with van der Waals surface area (Å²) in [6.07, 6.45) is 2.98. The highest BCUT2D eigenvalue weighted by molar-refractivity contribution is 7.48. The van der Waals surface area contributed by atoms with Gasteiger partial charge in [0.25, 0.3) is 0 Å². The Hall–Kier alpha value is -2.93. The van der Waals surface area contributed by atoms with Crippen molar-refractivity contribution in [2.24, 2.45) is 0 Å². The molecule has 0 aliphatic heterocycles. The van der Waals surface area contributed by atoms with Gasteiger partial charge in [-0.05, 0) is 59.9 Å². The molecule has 37 heavy (non-hydrogen) atoms. The number of rotatable bonds is 12. The molecule has 192 valence electrons. The first-order chi connectivity index (χ1) is 18.1. The van der Waals surface area contributed by atoms with E-state index in [1.165, 1.54) is 38.7 Å². The maximum atomic E-state index is 6.77. The number of benzene rings is 4. The van der Waals surface area contributed by atoms with Crippen LogP contribution in [0.4, 0.5) is 0 Å². The van der Waals surface area contributed by atoms with E-state index in [2.05, 4.69) is 123 Å². The molecule has 0 amide bonds. The number of nitrogens with one attached hydrogen (secondary N) is 1. The highest BCUT2D eigenvalue weighted by Gasteiger charge is 2.34. The monoisotopic (exact) mass is 509 g/mol. The van der Waals surface area contributed by atoms with Gasteiger partial charge in [-0.25, -0.2) is 0 Å². The van der Waals surface area contributed by atoms with Crippen LogP contribution < -0.4 is 15.4 Å². The lowest BCUT2D eigenvalue weighted by Crippen LogP contribution is -2.26. The van der Waals surface area contributed by atoms with Crippen molar-refractivity contribution in [2.75, 3.05) is 7.05 Å². The third-order valence-electron chi connectivity index (χ3n) is 7.37. The predicted molar refractivity (Wildman–Crippen MR) is 161 cm³/mol. The molecule has 0 radical (unpaired) electrons. The highest BCUT2D eigenvalue weighted by atomic mass is 31.1. The van der Waals surface area contributed by atoms with Gasteiger partial charge in [0.1, 0.15) is 12.4 Å². The summed E-state index contributed by atoms with van der Waals surface area (Å²) < 4.78 is 6.77. The Labute approximate surface area is 225 Å². The summed E-state index contributed by atoms with van der Waals surface area (Å²) in [6, 6.07) is 34.8. The van der Waals surface area contributed by atoms with E-state index in [1.54, 1.807) is 0 Å². The van der Waals surface area contributed by atoms with Crippen molar-refractivity contribution in [1.82, 2.24) is 5.32 Å². The Balaban J connectivity index is 1.81. The smallest absolute Gasteiger partial charge is 0.127 e. The lowest BCUT2D eigenvalue weighted by atomic mass is 9.89. The first-order valence-corrected chi connectivity index (χ1v) is 14.4. The van der Waals surface area contributed by atoms with Gasteiger partial charge in [-0.15, -0.1) is 0 Å². The topological polar surface area (TPSA) is 21.3 Å². The second-order valence-corrected chi connectivity index (χ2v) is 11.5. The summed E-state index contributed by atoms with van der Waals surface area (Å²) in [5.41, 5.74) is 7.89. The van der Waals surface area contributed by atoms with Crippen LogP contribution in [0.3, 0.4) is 0 Å². The zero-order valence-corrected chi connectivity index (χ0v) is 23.7. The van der Waals surface area contributed by atoms with Gasteiger partial charge < -0.3 is 10.1 Å². The Kier molecular flexibility index (Phi) is 9.56. The molecular weight excluding hydrogens is 469 g/mol. The summed E-state index contributed by atoms with van der Waals surface area (Å²) in [4.78, 5) is 0. The number of hydrogen-bond acceptors (Lipinski definition) is 2. The molecule has 0 aromatic heterocycles. The van der Waals surface area contributed by atoms with Gasteiger partial charge in [0.2, 0.25) is 0 Å². The molecule has 4 aromatic rings. The summed E-state index contributed by atoms with van der Waals surface area (Å²) in [5, 5.41) is 4.88. The van der Waals surface area contributed by atoms with Crippen LogP contribution in [0, 0.1) is 6.92 Å². The van der Waals surface area contributed by atoms with E-state index in [-0.39, 0.29) is 5.16 Å². The molecule has 0 heterocycles. The van der Waals surface area contributed by atoms with Gasteiger partial charge >= 0.3 is 0 Å². The summed E-state index contributed by atoms with van der Waals surface area (Å²) in [7, 11) is 2.69. The fraction of sp³-hybridized carbons (Fsp3) is 0.294. The quantitative estimate of drug-likeness (QED) is 0.196. The highest BCUT2D eigenvalue weighted by Crippen LogP contribution is 2.51. The molecule has 2 nitrogen and oxygen atoms in total. The summed E-state index contributed by atoms with van der Waals surface area (Å²) in [5.74, 6) is 1.06. The van der Waals surface area contributed by atoms with Crippen molar-refractivity contribution in [2.45, 2.75) is 58.3 Å². The van der Waals surface area contributed by atoms with Crippen LogP contribution in [0.5, 0.6) is 5.75 Å². The Morgan fingerprint density at radius 2 is 1.35 bits per heavy atom. The molecule has 0 saturated heterocycles. The third kappa shape index (κ3) is 6.50. The molecule has 0 spiro atoms. The predicted octanol–water partition coefficient (Wildman–Crippen LogP) is 7.90. The fourth-order valence-electron chi connectivity index (χ4n) is 5.18. The van der Waals surface area contributed by atoms with Crippen molar-refractivity contribution in [1.29, 1.82) is 0 Å². The van der Waals surface area contributed by atoms with Crippen LogP contribution in [-0.2, 0) is 24.7 Å². The lowest BCUT2D eigenvalue weighted by molar-refractivity contribution is 0.295. The SMILES string of the molecule is CCC(CC)(Pc1c(C)cccc1CNC)c1cccc(Cc2ccccc2)c1OCc1ccccc1. The van der Waals surface area contributed by atoms with Crippen molar-refractivity contribution < 1.29 is 4.74 Å². The fourth-order valence-corrected chi connectivity index (χ4v) is 6.95. The molecular formula is C34H40NOP. The van der Waals surface area contributed by atoms with Gasteiger partial charge in [0, 0.05) is 23.7 Å². The van der Waals surface area contributed by atoms with Gasteiger partial charge in [0.15, 0.2) is 0 Å². The third-order valence-corrected chi connectivity index (χ3v) is 9.79. The lowest BCUT2D eigenvalue weighted by Gasteiger charge is -2.36. The van der Waals surface area contributed by atoms with Crippen LogP contribution in [-0.4, -0.2) is 7.05 Å². The second-order valence-electron chi connectivity index (χ2n) is 9.78. The van der Waals surface area contributed by atoms with Crippen LogP contribution >= 0.6 is 8.58 Å². The molecule has 1 unspecified atom stereocenters. The molecule has 0 bridgehead atoms. The summed E-state index contributed by atoms with van der Waals surface area (Å²) in [6.45, 7) is 8.41. The molecule has 0 saturated carbocycles. The standard InChI is InChI=1S/C34H40NOP/c1-5-34(6-2,37-33-26(3)15-13-21-30(33)24-35-4)31-22-14-20-29(23-27-16-9-7-10-17-27)32(31)36-25-28-18-11-8-12-19-28/h7-22,35,37H,5-6,23-25H2,1-4H3. The largest absolute Gasteiger partial charge is 0.488 e. The normalized spacial score (nSPS) is 11.8.